The highest BCUT2D eigenvalue weighted by molar-refractivity contribution is 7.14. The van der Waals surface area contributed by atoms with Crippen LogP contribution >= 0.6 is 56.7 Å². The second-order valence-corrected chi connectivity index (χ2v) is 28.3. The molecule has 7 aromatic heterocycles. The van der Waals surface area contributed by atoms with E-state index in [2.05, 4.69) is 46.9 Å². The van der Waals surface area contributed by atoms with Crippen molar-refractivity contribution in [1.82, 2.24) is 71.4 Å². The van der Waals surface area contributed by atoms with Crippen LogP contribution in [-0.2, 0) is 62.6 Å². The molecule has 1 aromatic carbocycles. The molecule has 1 saturated heterocycles. The van der Waals surface area contributed by atoms with E-state index < -0.39 is 139 Å². The number of nitrogens with one attached hydrogen (secondary N) is 6. The number of nitrogens with zero attached hydrogens (tertiary/aromatic N) is 8. The maximum absolute atomic E-state index is 15.2. The van der Waals surface area contributed by atoms with Crippen molar-refractivity contribution in [3.63, 3.8) is 0 Å². The molecule has 4 aliphatic heterocycles. The minimum Gasteiger partial charge on any atom is -0.506 e. The number of fused-ring (bicyclic) bond motifs is 15. The Bertz CT molecular complexity index is 4570. The van der Waals surface area contributed by atoms with Gasteiger partial charge < -0.3 is 91.5 Å². The van der Waals surface area contributed by atoms with E-state index in [4.69, 9.17) is 49.1 Å². The lowest BCUT2D eigenvalue weighted by Gasteiger charge is -2.48. The van der Waals surface area contributed by atoms with Crippen molar-refractivity contribution in [2.24, 2.45) is 5.73 Å². The summed E-state index contributed by atoms with van der Waals surface area (Å²) in [6.07, 6.45) is -7.59. The number of hydrogen-bond donors (Lipinski definition) is 11. The third-order valence-corrected chi connectivity index (χ3v) is 21.2. The number of methoxy groups -OCH3 is 1. The van der Waals surface area contributed by atoms with E-state index in [0.29, 0.717) is 16.0 Å². The Morgan fingerprint density at radius 2 is 1.53 bits per heavy atom. The Balaban J connectivity index is 1.02. The van der Waals surface area contributed by atoms with Gasteiger partial charge in [-0.15, -0.1) is 56.7 Å². The van der Waals surface area contributed by atoms with Gasteiger partial charge in [0.05, 0.1) is 55.3 Å². The Hall–Kier alpha value is -9.48. The van der Waals surface area contributed by atoms with Gasteiger partial charge in [0.2, 0.25) is 11.8 Å². The van der Waals surface area contributed by atoms with Gasteiger partial charge in [0, 0.05) is 62.8 Å². The number of ether oxygens (including phenoxy) is 6. The van der Waals surface area contributed by atoms with Crippen molar-refractivity contribution in [3.05, 3.63) is 112 Å². The second kappa shape index (κ2) is 29.0. The quantitative estimate of drug-likeness (QED) is 0.0498. The van der Waals surface area contributed by atoms with Crippen molar-refractivity contribution >= 4 is 121 Å². The van der Waals surface area contributed by atoms with Gasteiger partial charge >= 0.3 is 18.0 Å². The number of aliphatic hydroxyl groups is 2. The normalized spacial score (nSPS) is 23.8. The van der Waals surface area contributed by atoms with Gasteiger partial charge in [0.15, 0.2) is 18.1 Å². The van der Waals surface area contributed by atoms with Crippen LogP contribution in [0.5, 0.6) is 5.75 Å². The van der Waals surface area contributed by atoms with Crippen LogP contribution in [0.1, 0.15) is 126 Å². The van der Waals surface area contributed by atoms with Gasteiger partial charge in [-0.2, -0.15) is 4.73 Å². The number of pyridine rings is 1. The third-order valence-electron chi connectivity index (χ3n) is 16.7. The Kier molecular flexibility index (Phi) is 20.4. The number of carbonyl (C=O) groups excluding carboxylic acids is 8. The number of aliphatic hydroxyl groups excluding tert-OH is 1. The second-order valence-electron chi connectivity index (χ2n) is 24.0. The van der Waals surface area contributed by atoms with Gasteiger partial charge in [0.1, 0.15) is 114 Å². The number of rotatable bonds is 11. The Morgan fingerprint density at radius 3 is 2.26 bits per heavy atom. The molecule has 526 valence electrons. The minimum atomic E-state index is -1.91. The lowest BCUT2D eigenvalue weighted by Crippen LogP contribution is -2.62. The van der Waals surface area contributed by atoms with E-state index in [-0.39, 0.29) is 119 Å². The molecule has 1 fully saturated rings. The number of likely N-dealkylation sites (N-methyl/N-ethyl adjacent to an activating group) is 1. The molecule has 0 spiro atoms. The van der Waals surface area contributed by atoms with Crippen LogP contribution in [0.4, 0.5) is 4.79 Å². The molecule has 12 rings (SSSR count). The Morgan fingerprint density at radius 1 is 0.850 bits per heavy atom. The molecule has 12 N–H and O–H groups in total. The number of aromatic nitrogens is 7. The zero-order valence-electron chi connectivity index (χ0n) is 54.0. The summed E-state index contributed by atoms with van der Waals surface area (Å²) in [6.45, 7) is 4.24. The molecule has 7 amide bonds. The molecule has 0 saturated carbocycles. The maximum atomic E-state index is 15.2. The van der Waals surface area contributed by atoms with Gasteiger partial charge in [-0.3, -0.25) is 24.0 Å². The number of primary amides is 1. The third kappa shape index (κ3) is 14.5. The summed E-state index contributed by atoms with van der Waals surface area (Å²) in [6, 6.07) is -0.0149. The van der Waals surface area contributed by atoms with Gasteiger partial charge in [-0.05, 0) is 59.5 Å². The maximum Gasteiger partial charge on any atom is 0.358 e. The monoisotopic (exact) mass is 1470 g/mol. The van der Waals surface area contributed by atoms with Crippen LogP contribution in [0.2, 0.25) is 0 Å². The SMILES string of the molecule is CO/C(C)=C1/NC(=O)C(C(C)O)NC(=O)c2csc(n2)-c2cc(O)c(-c3nc(CNC(=O)CCNC(N)=O)cs3)nc2-c2csc(n2)C2COC(=O)c3c4c5c(cccc5n3O)COC(=O)C(OC3CC(C)(O)C(N(C)C)C(C)O3)C(OC4)C(NC(=O)c3csc1n3)c1nc(cs1)C(=O)N2. The van der Waals surface area contributed by atoms with Crippen LogP contribution in [0.15, 0.2) is 56.9 Å². The first-order valence-electron chi connectivity index (χ1n) is 30.7. The van der Waals surface area contributed by atoms with Crippen LogP contribution in [0.25, 0.3) is 49.3 Å². The highest BCUT2D eigenvalue weighted by Gasteiger charge is 2.50. The topological polar surface area (TPSA) is 457 Å². The van der Waals surface area contributed by atoms with Crippen LogP contribution in [0, 0.1) is 0 Å². The lowest BCUT2D eigenvalue weighted by atomic mass is 9.85. The molecule has 10 unspecified atom stereocenters. The average Bonchev–Trinajstić information content (AvgIpc) is 1.59. The van der Waals surface area contributed by atoms with Gasteiger partial charge in [-0.1, -0.05) is 12.1 Å². The first-order chi connectivity index (χ1) is 47.7. The fourth-order valence-electron chi connectivity index (χ4n) is 12.1. The van der Waals surface area contributed by atoms with Crippen molar-refractivity contribution < 1.29 is 87.3 Å². The number of thiazole rings is 5. The smallest absolute Gasteiger partial charge is 0.358 e. The van der Waals surface area contributed by atoms with E-state index in [0.717, 1.165) is 56.7 Å². The molecule has 0 aliphatic carbocycles. The van der Waals surface area contributed by atoms with Crippen molar-refractivity contribution in [1.29, 1.82) is 0 Å². The summed E-state index contributed by atoms with van der Waals surface area (Å²) in [5, 5.41) is 71.0. The van der Waals surface area contributed by atoms with E-state index in [1.54, 1.807) is 55.7 Å². The molecule has 0 radical (unpaired) electrons. The lowest BCUT2D eigenvalue weighted by molar-refractivity contribution is -0.280. The standard InChI is InChI=1S/C62H65N15O18S5/c1-24(78)41-53(84)74-42(25(2)90-7)56-70-35(23-99-56)52(83)75-45-47-48(95-39-14-62(4,88)49(76(5)6)26(3)94-39)60(86)92-16-27-9-8-10-36-40(27)30(17-91-47)46(77(36)89)59(85)93-18-31(67-50(81)33-22-100-58(45)71-33)55-68-32(20-98-55)43-29(54-69-34(21-97-54)51(82)73-41)13-37(79)44(72-43)57-66-28(19-96-57)15-65-38(80)11-12-64-61(63)87/h8-10,13,19-24,26,31,39,41,45,47-49,78-79,88-89H,11-12,14-18H2,1-7H3,(H,65,80)(H,67,81)(H,73,82)(H,74,84)(H,75,83)(H3,63,64,87)/b42-25+. The molecule has 8 aromatic rings. The van der Waals surface area contributed by atoms with Crippen molar-refractivity contribution in [3.8, 4) is 38.4 Å². The number of urea groups is 1. The van der Waals surface area contributed by atoms with Crippen LogP contribution < -0.4 is 37.6 Å². The molecule has 38 heteroatoms. The summed E-state index contributed by atoms with van der Waals surface area (Å²) >= 11 is 4.74. The summed E-state index contributed by atoms with van der Waals surface area (Å²) in [5.41, 5.74) is 3.26. The number of hydrogen-bond acceptors (Lipinski definition) is 30. The summed E-state index contributed by atoms with van der Waals surface area (Å²) < 4.78 is 38.3. The largest absolute Gasteiger partial charge is 0.506 e. The molecule has 12 bridgehead atoms. The van der Waals surface area contributed by atoms with E-state index in [1.165, 1.54) is 49.2 Å². The molecule has 10 atom stereocenters. The highest BCUT2D eigenvalue weighted by Crippen LogP contribution is 2.43. The van der Waals surface area contributed by atoms with E-state index in [9.17, 15) is 44.5 Å². The number of benzene rings is 1. The van der Waals surface area contributed by atoms with Crippen molar-refractivity contribution in [2.75, 3.05) is 34.4 Å². The highest BCUT2D eigenvalue weighted by atomic mass is 32.1. The minimum absolute atomic E-state index is 0.00937. The number of esters is 2. The first kappa shape index (κ1) is 70.4. The summed E-state index contributed by atoms with van der Waals surface area (Å²) in [7, 11) is 4.85. The molecular weight excluding hydrogens is 1400 g/mol. The predicted octanol–water partition coefficient (Wildman–Crippen LogP) is 3.84. The van der Waals surface area contributed by atoms with Gasteiger partial charge in [-0.25, -0.2) is 44.3 Å². The number of carbonyl (C=O) groups is 8. The number of amides is 7. The zero-order valence-corrected chi connectivity index (χ0v) is 58.1. The fourth-order valence-corrected chi connectivity index (χ4v) is 16.3. The predicted molar refractivity (Wildman–Crippen MR) is 358 cm³/mol. The van der Waals surface area contributed by atoms with Gasteiger partial charge in [0.25, 0.3) is 17.7 Å². The first-order valence-corrected chi connectivity index (χ1v) is 35.1. The number of aromatic hydroxyl groups is 1. The number of cyclic esters (lactones) is 2. The van der Waals surface area contributed by atoms with E-state index in [1.807, 2.05) is 0 Å². The Labute approximate surface area is 587 Å². The summed E-state index contributed by atoms with van der Waals surface area (Å²) in [4.78, 5) is 143. The van der Waals surface area contributed by atoms with E-state index >= 15 is 14.4 Å². The molecule has 4 aliphatic rings. The molecule has 33 nitrogen and oxygen atoms in total. The molecular formula is C62H65N15O18S5. The zero-order chi connectivity index (χ0) is 71.2. The number of nitrogens with two attached hydrogens (primary N) is 1. The van der Waals surface area contributed by atoms with Crippen LogP contribution in [-0.4, -0.2) is 190 Å². The number of allylic oxidation sites excluding steroid dienone is 1. The fraction of sp³-hybridized carbons (Fsp3) is 0.387. The molecule has 11 heterocycles. The summed E-state index contributed by atoms with van der Waals surface area (Å²) in [5.74, 6) is -6.65. The average molecular weight is 1470 g/mol. The van der Waals surface area contributed by atoms with Crippen LogP contribution in [0.3, 0.4) is 0 Å². The molecule has 100 heavy (non-hydrogen) atoms. The van der Waals surface area contributed by atoms with Crippen molar-refractivity contribution in [2.45, 2.75) is 121 Å².